The van der Waals surface area contributed by atoms with Crippen LogP contribution >= 0.6 is 22.6 Å². The molecule has 0 saturated carbocycles. The van der Waals surface area contributed by atoms with Crippen molar-refractivity contribution in [3.8, 4) is 0 Å². The number of nitrogens with zero attached hydrogens (tertiary/aromatic N) is 3. The first-order valence-electron chi connectivity index (χ1n) is 5.66. The smallest absolute Gasteiger partial charge is 0.270 e. The van der Waals surface area contributed by atoms with Gasteiger partial charge in [-0.15, -0.1) is 0 Å². The number of rotatable bonds is 4. The summed E-state index contributed by atoms with van der Waals surface area (Å²) in [6.45, 7) is 0.383. The number of aromatic amines is 1. The Morgan fingerprint density at radius 2 is 2.30 bits per heavy atom. The number of nitrogens with one attached hydrogen (secondary N) is 1. The third-order valence-electron chi connectivity index (χ3n) is 2.71. The van der Waals surface area contributed by atoms with Gasteiger partial charge >= 0.3 is 0 Å². The SMILES string of the molecule is CN(Cc1cn[nH]c1)C(=O)c1cc([N+](=O)[O-])ccc1I. The summed E-state index contributed by atoms with van der Waals surface area (Å²) in [5.74, 6) is -0.265. The van der Waals surface area contributed by atoms with Gasteiger partial charge in [-0.1, -0.05) is 0 Å². The van der Waals surface area contributed by atoms with E-state index in [1.807, 2.05) is 22.6 Å². The van der Waals surface area contributed by atoms with Crippen molar-refractivity contribution in [2.45, 2.75) is 6.54 Å². The van der Waals surface area contributed by atoms with E-state index in [-0.39, 0.29) is 11.6 Å². The first-order chi connectivity index (χ1) is 9.49. The van der Waals surface area contributed by atoms with E-state index in [9.17, 15) is 14.9 Å². The van der Waals surface area contributed by atoms with Crippen molar-refractivity contribution in [2.24, 2.45) is 0 Å². The molecule has 0 atom stereocenters. The van der Waals surface area contributed by atoms with Gasteiger partial charge in [-0.2, -0.15) is 5.10 Å². The molecule has 1 heterocycles. The van der Waals surface area contributed by atoms with Crippen molar-refractivity contribution in [1.82, 2.24) is 15.1 Å². The molecule has 1 amide bonds. The molecule has 8 heteroatoms. The predicted molar refractivity (Wildman–Crippen MR) is 80.2 cm³/mol. The number of halogens is 1. The highest BCUT2D eigenvalue weighted by Crippen LogP contribution is 2.21. The standard InChI is InChI=1S/C12H11IN4O3/c1-16(7-8-5-14-15-6-8)12(18)10-4-9(17(19)20)2-3-11(10)13/h2-6H,7H2,1H3,(H,14,15). The van der Waals surface area contributed by atoms with Crippen LogP contribution in [-0.4, -0.2) is 33.0 Å². The number of H-pyrrole nitrogens is 1. The van der Waals surface area contributed by atoms with Crippen molar-refractivity contribution in [3.63, 3.8) is 0 Å². The maximum absolute atomic E-state index is 12.3. The largest absolute Gasteiger partial charge is 0.337 e. The highest BCUT2D eigenvalue weighted by atomic mass is 127. The molecule has 1 N–H and O–H groups in total. The summed E-state index contributed by atoms with van der Waals surface area (Å²) in [6.07, 6.45) is 3.32. The fraction of sp³-hybridized carbons (Fsp3) is 0.167. The minimum atomic E-state index is -0.511. The van der Waals surface area contributed by atoms with E-state index in [0.29, 0.717) is 15.7 Å². The Morgan fingerprint density at radius 3 is 2.90 bits per heavy atom. The van der Waals surface area contributed by atoms with Crippen LogP contribution in [0, 0.1) is 13.7 Å². The molecular weight excluding hydrogens is 375 g/mol. The molecule has 0 bridgehead atoms. The second kappa shape index (κ2) is 5.99. The van der Waals surface area contributed by atoms with Crippen LogP contribution in [0.15, 0.2) is 30.6 Å². The Bertz CT molecular complexity index is 642. The molecule has 7 nitrogen and oxygen atoms in total. The molecule has 104 valence electrons. The summed E-state index contributed by atoms with van der Waals surface area (Å²) in [5.41, 5.74) is 1.09. The van der Waals surface area contributed by atoms with E-state index < -0.39 is 4.92 Å². The Morgan fingerprint density at radius 1 is 1.55 bits per heavy atom. The lowest BCUT2D eigenvalue weighted by molar-refractivity contribution is -0.384. The summed E-state index contributed by atoms with van der Waals surface area (Å²) in [6, 6.07) is 4.25. The Labute approximate surface area is 128 Å². The average Bonchev–Trinajstić information content (AvgIpc) is 2.91. The summed E-state index contributed by atoms with van der Waals surface area (Å²) < 4.78 is 0.678. The molecule has 0 aliphatic rings. The number of hydrogen-bond acceptors (Lipinski definition) is 4. The molecule has 0 unspecified atom stereocenters. The van der Waals surface area contributed by atoms with E-state index in [0.717, 1.165) is 5.56 Å². The fourth-order valence-electron chi connectivity index (χ4n) is 1.71. The van der Waals surface area contributed by atoms with E-state index in [1.54, 1.807) is 25.5 Å². The van der Waals surface area contributed by atoms with E-state index >= 15 is 0 Å². The minimum Gasteiger partial charge on any atom is -0.337 e. The topological polar surface area (TPSA) is 92.1 Å². The van der Waals surface area contributed by atoms with Gasteiger partial charge in [0.2, 0.25) is 0 Å². The molecular formula is C12H11IN4O3. The third kappa shape index (κ3) is 3.13. The average molecular weight is 386 g/mol. The normalized spacial score (nSPS) is 10.3. The van der Waals surface area contributed by atoms with Gasteiger partial charge in [0.05, 0.1) is 16.7 Å². The lowest BCUT2D eigenvalue weighted by Gasteiger charge is -2.17. The van der Waals surface area contributed by atoms with E-state index in [2.05, 4.69) is 10.2 Å². The number of hydrogen-bond donors (Lipinski definition) is 1. The van der Waals surface area contributed by atoms with Crippen LogP contribution in [0.1, 0.15) is 15.9 Å². The van der Waals surface area contributed by atoms with Gasteiger partial charge in [0.1, 0.15) is 0 Å². The molecule has 0 fully saturated rings. The summed E-state index contributed by atoms with van der Waals surface area (Å²) >= 11 is 1.99. The van der Waals surface area contributed by atoms with Crippen molar-refractivity contribution in [1.29, 1.82) is 0 Å². The highest BCUT2D eigenvalue weighted by Gasteiger charge is 2.19. The Kier molecular flexibility index (Phi) is 4.32. The van der Waals surface area contributed by atoms with Crippen LogP contribution in [0.25, 0.3) is 0 Å². The number of nitro benzene ring substituents is 1. The van der Waals surface area contributed by atoms with Crippen LogP contribution in [0.5, 0.6) is 0 Å². The van der Waals surface area contributed by atoms with Gasteiger partial charge in [-0.25, -0.2) is 0 Å². The van der Waals surface area contributed by atoms with Gasteiger partial charge in [0.25, 0.3) is 11.6 Å². The zero-order chi connectivity index (χ0) is 14.7. The molecule has 0 spiro atoms. The van der Waals surface area contributed by atoms with Crippen molar-refractivity contribution < 1.29 is 9.72 Å². The molecule has 0 saturated heterocycles. The van der Waals surface area contributed by atoms with Gasteiger partial charge in [0, 0.05) is 41.1 Å². The Balaban J connectivity index is 2.23. The van der Waals surface area contributed by atoms with Gasteiger partial charge < -0.3 is 4.90 Å². The molecule has 0 aliphatic carbocycles. The minimum absolute atomic E-state index is 0.0922. The van der Waals surface area contributed by atoms with Crippen molar-refractivity contribution in [2.75, 3.05) is 7.05 Å². The van der Waals surface area contributed by atoms with Gasteiger partial charge in [-0.3, -0.25) is 20.0 Å². The lowest BCUT2D eigenvalue weighted by atomic mass is 10.1. The number of amides is 1. The van der Waals surface area contributed by atoms with E-state index in [4.69, 9.17) is 0 Å². The molecule has 20 heavy (non-hydrogen) atoms. The third-order valence-corrected chi connectivity index (χ3v) is 3.65. The van der Waals surface area contributed by atoms with Crippen molar-refractivity contribution >= 4 is 34.2 Å². The van der Waals surface area contributed by atoms with Crippen LogP contribution in [0.2, 0.25) is 0 Å². The zero-order valence-corrected chi connectivity index (χ0v) is 12.7. The molecule has 2 aromatic rings. The Hall–Kier alpha value is -1.97. The summed E-state index contributed by atoms with van der Waals surface area (Å²) in [7, 11) is 1.64. The number of benzene rings is 1. The summed E-state index contributed by atoms with van der Waals surface area (Å²) in [5, 5.41) is 17.3. The number of non-ortho nitro benzene ring substituents is 1. The number of nitro groups is 1. The molecule has 0 aliphatic heterocycles. The van der Waals surface area contributed by atoms with Crippen molar-refractivity contribution in [3.05, 3.63) is 55.4 Å². The molecule has 2 rings (SSSR count). The van der Waals surface area contributed by atoms with Crippen LogP contribution < -0.4 is 0 Å². The van der Waals surface area contributed by atoms with Crippen LogP contribution in [0.3, 0.4) is 0 Å². The maximum Gasteiger partial charge on any atom is 0.270 e. The molecule has 1 aromatic carbocycles. The molecule has 1 aromatic heterocycles. The zero-order valence-electron chi connectivity index (χ0n) is 10.5. The highest BCUT2D eigenvalue weighted by molar-refractivity contribution is 14.1. The predicted octanol–water partition coefficient (Wildman–Crippen LogP) is 2.19. The maximum atomic E-state index is 12.3. The number of carbonyl (C=O) groups is 1. The van der Waals surface area contributed by atoms with E-state index in [1.165, 1.54) is 17.0 Å². The van der Waals surface area contributed by atoms with Crippen LogP contribution in [-0.2, 0) is 6.54 Å². The molecule has 0 radical (unpaired) electrons. The van der Waals surface area contributed by atoms with Gasteiger partial charge in [-0.05, 0) is 28.7 Å². The fourth-order valence-corrected chi connectivity index (χ4v) is 2.27. The number of carbonyl (C=O) groups excluding carboxylic acids is 1. The second-order valence-corrected chi connectivity index (χ2v) is 5.35. The van der Waals surface area contributed by atoms with Crippen LogP contribution in [0.4, 0.5) is 5.69 Å². The monoisotopic (exact) mass is 386 g/mol. The second-order valence-electron chi connectivity index (χ2n) is 4.19. The first kappa shape index (κ1) is 14.4. The quantitative estimate of drug-likeness (QED) is 0.496. The number of aromatic nitrogens is 2. The lowest BCUT2D eigenvalue weighted by Crippen LogP contribution is -2.26. The first-order valence-corrected chi connectivity index (χ1v) is 6.74. The van der Waals surface area contributed by atoms with Gasteiger partial charge in [0.15, 0.2) is 0 Å². The summed E-state index contributed by atoms with van der Waals surface area (Å²) in [4.78, 5) is 24.1.